The van der Waals surface area contributed by atoms with Gasteiger partial charge in [-0.05, 0) is 0 Å². The van der Waals surface area contributed by atoms with E-state index in [-0.39, 0.29) is 70.3 Å². The molecule has 2 heterocycles. The molecule has 1 unspecified atom stereocenters. The van der Waals surface area contributed by atoms with Crippen molar-refractivity contribution in [2.75, 3.05) is 5.73 Å². The average molecular weight is 579 g/mol. The average Bonchev–Trinajstić information content (AvgIpc) is 2.71. The molecule has 0 aliphatic rings. The van der Waals surface area contributed by atoms with Crippen LogP contribution in [0.25, 0.3) is 11.2 Å². The normalized spacial score (nSPS) is 11.4. The predicted molar refractivity (Wildman–Crippen MR) is 108 cm³/mol. The van der Waals surface area contributed by atoms with Crippen molar-refractivity contribution in [2.24, 2.45) is 0 Å². The van der Waals surface area contributed by atoms with Crippen LogP contribution in [0.15, 0.2) is 29.2 Å². The summed E-state index contributed by atoms with van der Waals surface area (Å²) >= 11 is -0.116. The Morgan fingerprint density at radius 2 is 2.00 bits per heavy atom. The second kappa shape index (κ2) is 11.2. The number of benzene rings is 1. The van der Waals surface area contributed by atoms with Crippen molar-refractivity contribution in [1.29, 1.82) is 0 Å². The summed E-state index contributed by atoms with van der Waals surface area (Å²) in [5.74, 6) is -3.56. The smallest absolute Gasteiger partial charge is 0 e. The topological polar surface area (TPSA) is 201 Å². The molecule has 0 fully saturated rings. The number of aromatic nitrogens is 4. The summed E-state index contributed by atoms with van der Waals surface area (Å²) in [6, 6.07) is 5.96. The molecule has 6 N–H and O–H groups in total. The number of nitrogens with zero attached hydrogens (tertiary/aromatic N) is 3. The molecule has 1 radical (unpaired) electrons. The third kappa shape index (κ3) is 6.63. The number of carbonyl (C=O) groups excluding carboxylic acids is 1. The summed E-state index contributed by atoms with van der Waals surface area (Å²) in [6.45, 7) is 0. The number of anilines is 1. The Bertz CT molecular complexity index is 1220. The first-order valence-electron chi connectivity index (χ1n) is 8.64. The van der Waals surface area contributed by atoms with Gasteiger partial charge in [-0.2, -0.15) is 0 Å². The van der Waals surface area contributed by atoms with Crippen molar-refractivity contribution in [2.45, 2.75) is 17.8 Å². The number of carboxylic acid groups (broad SMARTS) is 2. The summed E-state index contributed by atoms with van der Waals surface area (Å²) in [6.07, 6.45) is 0.774. The van der Waals surface area contributed by atoms with E-state index in [0.717, 1.165) is 4.46 Å². The number of nitrogens with one attached hydrogen (secondary N) is 2. The summed E-state index contributed by atoms with van der Waals surface area (Å²) in [4.78, 5) is 60.5. The number of rotatable bonds is 8. The number of nitrogens with two attached hydrogens (primary N) is 1. The van der Waals surface area contributed by atoms with E-state index >= 15 is 0 Å². The van der Waals surface area contributed by atoms with Crippen LogP contribution in [0.4, 0.5) is 5.95 Å². The van der Waals surface area contributed by atoms with Crippen LogP contribution in [0.2, 0.25) is 0 Å². The molecule has 1 aromatic carbocycles. The van der Waals surface area contributed by atoms with Gasteiger partial charge in [-0.25, -0.2) is 0 Å². The van der Waals surface area contributed by atoms with Crippen molar-refractivity contribution in [1.82, 2.24) is 25.3 Å². The number of carboxylic acids is 2. The molecule has 2 aromatic heterocycles. The number of nitrogen functional groups attached to an aromatic ring is 1. The van der Waals surface area contributed by atoms with E-state index in [1.165, 1.54) is 12.3 Å². The van der Waals surface area contributed by atoms with E-state index in [0.29, 0.717) is 11.0 Å². The molecule has 0 bridgehead atoms. The summed E-state index contributed by atoms with van der Waals surface area (Å²) in [5, 5.41) is 20.4. The number of carbonyl (C=O) groups is 3. The number of fused-ring (bicyclic) bond motifs is 1. The second-order valence-corrected chi connectivity index (χ2v) is 8.37. The fourth-order valence-electron chi connectivity index (χ4n) is 2.45. The van der Waals surface area contributed by atoms with Crippen LogP contribution in [0.3, 0.4) is 0 Å². The maximum Gasteiger partial charge on any atom is 0 e. The summed E-state index contributed by atoms with van der Waals surface area (Å²) < 4.78 is 0.871. The van der Waals surface area contributed by atoms with E-state index in [1.807, 2.05) is 0 Å². The minimum Gasteiger partial charge on any atom is 0 e. The largest absolute Gasteiger partial charge is 0 e. The molecule has 163 valence electrons. The maximum absolute atomic E-state index is 12.2. The molecular formula is C18H15N6O6SeY-. The number of H-pyrrole nitrogens is 1. The minimum absolute atomic E-state index is 0. The van der Waals surface area contributed by atoms with Crippen LogP contribution < -0.4 is 21.1 Å². The van der Waals surface area contributed by atoms with Gasteiger partial charge >= 0.3 is 180 Å². The minimum atomic E-state index is -1.54. The molecular weight excluding hydrogens is 564 g/mol. The van der Waals surface area contributed by atoms with Gasteiger partial charge in [-0.15, -0.1) is 0 Å². The Labute approximate surface area is 211 Å². The van der Waals surface area contributed by atoms with Crippen LogP contribution >= 0.6 is 0 Å². The maximum atomic E-state index is 12.2. The first-order chi connectivity index (χ1) is 14.7. The van der Waals surface area contributed by atoms with Crippen LogP contribution in [-0.4, -0.2) is 69.0 Å². The second-order valence-electron chi connectivity index (χ2n) is 6.17. The fraction of sp³-hybridized carbons (Fsp3) is 0.167. The Kier molecular flexibility index (Phi) is 8.96. The summed E-state index contributed by atoms with van der Waals surface area (Å²) in [5.41, 5.74) is 5.92. The number of hydrogen-bond acceptors (Lipinski definition) is 8. The Morgan fingerprint density at radius 1 is 1.25 bits per heavy atom. The summed E-state index contributed by atoms with van der Waals surface area (Å²) in [7, 11) is 0. The van der Waals surface area contributed by atoms with Gasteiger partial charge in [-0.1, -0.05) is 0 Å². The third-order valence-electron chi connectivity index (χ3n) is 3.88. The van der Waals surface area contributed by atoms with E-state index in [2.05, 4.69) is 31.3 Å². The molecule has 0 spiro atoms. The number of hydrogen-bond donors (Lipinski definition) is 5. The van der Waals surface area contributed by atoms with Gasteiger partial charge in [0.25, 0.3) is 0 Å². The zero-order valence-electron chi connectivity index (χ0n) is 16.2. The van der Waals surface area contributed by atoms with Crippen LogP contribution in [-0.2, 0) is 47.6 Å². The number of aromatic amines is 1. The molecule has 12 nitrogen and oxygen atoms in total. The molecule has 0 saturated carbocycles. The molecule has 0 aliphatic heterocycles. The molecule has 32 heavy (non-hydrogen) atoms. The Hall–Kier alpha value is -2.73. The predicted octanol–water partition coefficient (Wildman–Crippen LogP) is -1.72. The Balaban J connectivity index is 0.00000363. The zero-order chi connectivity index (χ0) is 22.5. The van der Waals surface area contributed by atoms with E-state index < -0.39 is 35.9 Å². The standard InChI is InChI=1S/C18H15N6O6Se.Y/c19-18-23-14-13(16(28)24-18)21-9(6-20-14)7-31-10-3-1-8(2-4-10)15(27)22-11(17(29)30)5-12(25)26;/h1,3-4,6,11H,5,7H2,(H,22,27)(H,25,26)(H,29,30)(H3,19,20,23,24,28);/q-1;. The van der Waals surface area contributed by atoms with Crippen LogP contribution in [0, 0.1) is 6.07 Å². The molecule has 1 amide bonds. The molecule has 3 rings (SSSR count). The quantitative estimate of drug-likeness (QED) is 0.151. The molecule has 0 aliphatic carbocycles. The van der Waals surface area contributed by atoms with Gasteiger partial charge in [0.1, 0.15) is 0 Å². The van der Waals surface area contributed by atoms with Gasteiger partial charge in [0, 0.05) is 32.7 Å². The van der Waals surface area contributed by atoms with Crippen molar-refractivity contribution < 1.29 is 57.3 Å². The van der Waals surface area contributed by atoms with Gasteiger partial charge in [0.15, 0.2) is 0 Å². The first kappa shape index (κ1) is 25.5. The van der Waals surface area contributed by atoms with Gasteiger partial charge in [-0.3, -0.25) is 0 Å². The number of aliphatic carboxylic acids is 2. The van der Waals surface area contributed by atoms with Crippen LogP contribution in [0.5, 0.6) is 0 Å². The molecule has 14 heteroatoms. The SMILES string of the molecule is Nc1nc2ncc(C[Se]c3c[c-]c(C(=O)NC(CC(=O)O)C(=O)O)cc3)nc2c(=O)[nH]1.[Y]. The van der Waals surface area contributed by atoms with Crippen molar-refractivity contribution in [3.8, 4) is 0 Å². The molecule has 3 aromatic rings. The zero-order valence-corrected chi connectivity index (χ0v) is 20.8. The first-order valence-corrected chi connectivity index (χ1v) is 10.7. The van der Waals surface area contributed by atoms with Gasteiger partial charge in [0.2, 0.25) is 0 Å². The molecule has 0 saturated heterocycles. The van der Waals surface area contributed by atoms with Crippen molar-refractivity contribution in [3.05, 3.63) is 52.1 Å². The van der Waals surface area contributed by atoms with E-state index in [4.69, 9.17) is 15.9 Å². The number of amides is 1. The van der Waals surface area contributed by atoms with Gasteiger partial charge < -0.3 is 0 Å². The van der Waals surface area contributed by atoms with Gasteiger partial charge in [0.05, 0.1) is 0 Å². The van der Waals surface area contributed by atoms with Crippen molar-refractivity contribution >= 4 is 54.4 Å². The molecule has 1 atom stereocenters. The van der Waals surface area contributed by atoms with E-state index in [1.54, 1.807) is 12.1 Å². The third-order valence-corrected chi connectivity index (χ3v) is 6.04. The van der Waals surface area contributed by atoms with Crippen molar-refractivity contribution in [3.63, 3.8) is 0 Å². The fourth-order valence-corrected chi connectivity index (χ4v) is 4.04. The van der Waals surface area contributed by atoms with E-state index in [9.17, 15) is 19.2 Å². The Morgan fingerprint density at radius 3 is 2.62 bits per heavy atom. The monoisotopic (exact) mass is 580 g/mol. The van der Waals surface area contributed by atoms with Crippen LogP contribution in [0.1, 0.15) is 22.5 Å².